The van der Waals surface area contributed by atoms with Crippen LogP contribution in [-0.4, -0.2) is 84.7 Å². The van der Waals surface area contributed by atoms with Gasteiger partial charge in [-0.15, -0.1) is 0 Å². The average molecular weight is 712 g/mol. The molecule has 0 fully saturated rings. The van der Waals surface area contributed by atoms with E-state index in [9.17, 15) is 28.8 Å². The molecule has 0 saturated heterocycles. The van der Waals surface area contributed by atoms with Gasteiger partial charge in [-0.25, -0.2) is 0 Å². The van der Waals surface area contributed by atoms with Crippen molar-refractivity contribution in [2.75, 3.05) is 25.1 Å². The maximum Gasteiger partial charge on any atom is 0.243 e. The number of hydrogen-bond acceptors (Lipinski definition) is 8. The minimum Gasteiger partial charge on any atom is -0.368 e. The van der Waals surface area contributed by atoms with E-state index < -0.39 is 60.2 Å². The maximum atomic E-state index is 13.7. The van der Waals surface area contributed by atoms with Crippen molar-refractivity contribution in [3.63, 3.8) is 0 Å². The Balaban J connectivity index is 2.18. The highest BCUT2D eigenvalue weighted by atomic mass is 32.2. The summed E-state index contributed by atoms with van der Waals surface area (Å²) in [7, 11) is 0. The van der Waals surface area contributed by atoms with Crippen LogP contribution in [0.15, 0.2) is 60.7 Å². The molecular formula is C36H53N7O6S. The van der Waals surface area contributed by atoms with Crippen LogP contribution in [-0.2, 0) is 41.6 Å². The zero-order valence-electron chi connectivity index (χ0n) is 29.2. The van der Waals surface area contributed by atoms with Gasteiger partial charge in [0.2, 0.25) is 35.4 Å². The van der Waals surface area contributed by atoms with Crippen LogP contribution in [0.2, 0.25) is 0 Å². The third-order valence-electron chi connectivity index (χ3n) is 7.76. The van der Waals surface area contributed by atoms with Gasteiger partial charge in [0.05, 0.1) is 6.54 Å². The summed E-state index contributed by atoms with van der Waals surface area (Å²) in [5.74, 6) is -2.70. The van der Waals surface area contributed by atoms with Gasteiger partial charge >= 0.3 is 0 Å². The van der Waals surface area contributed by atoms with Crippen LogP contribution >= 0.6 is 11.8 Å². The fourth-order valence-electron chi connectivity index (χ4n) is 5.12. The van der Waals surface area contributed by atoms with Gasteiger partial charge < -0.3 is 38.1 Å². The van der Waals surface area contributed by atoms with E-state index in [1.165, 1.54) is 11.8 Å². The molecule has 0 saturated carbocycles. The minimum absolute atomic E-state index is 0.0225. The number of unbranched alkanes of at least 4 members (excludes halogenated alkanes) is 1. The number of carbonyl (C=O) groups is 6. The van der Waals surface area contributed by atoms with Crippen molar-refractivity contribution in [1.82, 2.24) is 26.6 Å². The first-order chi connectivity index (χ1) is 23.9. The van der Waals surface area contributed by atoms with Crippen LogP contribution in [0.3, 0.4) is 0 Å². The molecule has 6 amide bonds. The fraction of sp³-hybridized carbons (Fsp3) is 0.500. The van der Waals surface area contributed by atoms with Crippen molar-refractivity contribution < 1.29 is 28.8 Å². The van der Waals surface area contributed by atoms with Gasteiger partial charge in [0.15, 0.2) is 0 Å². The van der Waals surface area contributed by atoms with E-state index in [-0.39, 0.29) is 37.5 Å². The molecule has 0 aromatic heterocycles. The highest BCUT2D eigenvalue weighted by molar-refractivity contribution is 7.98. The molecule has 50 heavy (non-hydrogen) atoms. The highest BCUT2D eigenvalue weighted by Gasteiger charge is 2.29. The SMILES string of the molecule is CSCC[C@H](NC(=O)[C@H](CC(C)C)NC(=O)CNC(=O)[C@H](Cc1ccccc1)NC(=O)[C@H](Cc1ccccc1)NC(=O)CCCCN)C(N)=O. The second-order valence-electron chi connectivity index (χ2n) is 12.5. The van der Waals surface area contributed by atoms with Crippen molar-refractivity contribution in [2.45, 2.75) is 83.0 Å². The summed E-state index contributed by atoms with van der Waals surface area (Å²) in [6.07, 6.45) is 4.27. The van der Waals surface area contributed by atoms with Gasteiger partial charge in [0.1, 0.15) is 24.2 Å². The molecule has 0 spiro atoms. The smallest absolute Gasteiger partial charge is 0.243 e. The second-order valence-corrected chi connectivity index (χ2v) is 13.5. The molecule has 2 aromatic rings. The molecule has 0 aliphatic carbocycles. The molecule has 13 nitrogen and oxygen atoms in total. The number of benzene rings is 2. The van der Waals surface area contributed by atoms with Crippen LogP contribution in [0.25, 0.3) is 0 Å². The Morgan fingerprint density at radius 2 is 1.20 bits per heavy atom. The first-order valence-corrected chi connectivity index (χ1v) is 18.4. The van der Waals surface area contributed by atoms with Crippen molar-refractivity contribution in [3.05, 3.63) is 71.8 Å². The van der Waals surface area contributed by atoms with Gasteiger partial charge in [-0.2, -0.15) is 11.8 Å². The molecule has 2 aromatic carbocycles. The van der Waals surface area contributed by atoms with Crippen molar-refractivity contribution in [1.29, 1.82) is 0 Å². The summed E-state index contributed by atoms with van der Waals surface area (Å²) >= 11 is 1.51. The normalized spacial score (nSPS) is 13.3. The van der Waals surface area contributed by atoms with Gasteiger partial charge in [0.25, 0.3) is 0 Å². The quantitative estimate of drug-likeness (QED) is 0.0822. The van der Waals surface area contributed by atoms with Crippen LogP contribution in [0.5, 0.6) is 0 Å². The monoisotopic (exact) mass is 711 g/mol. The molecule has 0 unspecified atom stereocenters. The Kier molecular flexibility index (Phi) is 19.3. The van der Waals surface area contributed by atoms with Gasteiger partial charge in [-0.3, -0.25) is 28.8 Å². The first-order valence-electron chi connectivity index (χ1n) is 17.0. The lowest BCUT2D eigenvalue weighted by molar-refractivity contribution is -0.133. The maximum absolute atomic E-state index is 13.7. The Morgan fingerprint density at radius 1 is 0.680 bits per heavy atom. The highest BCUT2D eigenvalue weighted by Crippen LogP contribution is 2.09. The number of carbonyl (C=O) groups excluding carboxylic acids is 6. The van der Waals surface area contributed by atoms with E-state index in [0.717, 1.165) is 11.1 Å². The summed E-state index contributed by atoms with van der Waals surface area (Å²) in [6.45, 7) is 3.75. The molecule has 0 radical (unpaired) electrons. The van der Waals surface area contributed by atoms with E-state index in [1.54, 1.807) is 0 Å². The Labute approximate surface area is 299 Å². The van der Waals surface area contributed by atoms with Gasteiger partial charge in [-0.05, 0) is 61.3 Å². The lowest BCUT2D eigenvalue weighted by Crippen LogP contribution is -2.57. The largest absolute Gasteiger partial charge is 0.368 e. The number of nitrogens with two attached hydrogens (primary N) is 2. The fourth-order valence-corrected chi connectivity index (χ4v) is 5.59. The van der Waals surface area contributed by atoms with Crippen LogP contribution < -0.4 is 38.1 Å². The predicted molar refractivity (Wildman–Crippen MR) is 196 cm³/mol. The molecule has 0 aliphatic rings. The number of rotatable bonds is 23. The minimum atomic E-state index is -1.09. The Morgan fingerprint density at radius 3 is 1.72 bits per heavy atom. The van der Waals surface area contributed by atoms with Crippen molar-refractivity contribution in [3.8, 4) is 0 Å². The lowest BCUT2D eigenvalue weighted by atomic mass is 10.0. The van der Waals surface area contributed by atoms with Crippen LogP contribution in [0.4, 0.5) is 0 Å². The number of nitrogens with one attached hydrogen (secondary N) is 5. The number of hydrogen-bond donors (Lipinski definition) is 7. The van der Waals surface area contributed by atoms with E-state index in [0.29, 0.717) is 31.6 Å². The molecule has 274 valence electrons. The molecule has 2 rings (SSSR count). The van der Waals surface area contributed by atoms with E-state index in [1.807, 2.05) is 80.8 Å². The third kappa shape index (κ3) is 16.3. The summed E-state index contributed by atoms with van der Waals surface area (Å²) in [6, 6.07) is 14.4. The summed E-state index contributed by atoms with van der Waals surface area (Å²) in [4.78, 5) is 78.0. The van der Waals surface area contributed by atoms with E-state index in [2.05, 4.69) is 26.6 Å². The number of primary amides is 1. The zero-order valence-corrected chi connectivity index (χ0v) is 30.1. The second kappa shape index (κ2) is 23.1. The average Bonchev–Trinajstić information content (AvgIpc) is 3.08. The topological polar surface area (TPSA) is 215 Å². The summed E-state index contributed by atoms with van der Waals surface area (Å²) in [5.41, 5.74) is 12.6. The summed E-state index contributed by atoms with van der Waals surface area (Å²) in [5, 5.41) is 13.5. The van der Waals surface area contributed by atoms with Crippen molar-refractivity contribution in [2.24, 2.45) is 17.4 Å². The summed E-state index contributed by atoms with van der Waals surface area (Å²) < 4.78 is 0. The number of thioether (sulfide) groups is 1. The Bertz CT molecular complexity index is 1380. The van der Waals surface area contributed by atoms with E-state index in [4.69, 9.17) is 11.5 Å². The number of amides is 6. The standard InChI is InChI=1S/C36H53N7O6S/c1-24(2)20-28(35(48)42-27(33(38)46)17-19-50-3)41-32(45)23-39-34(47)29(21-25-12-6-4-7-13-25)43-36(49)30(22-26-14-8-5-9-15-26)40-31(44)16-10-11-18-37/h4-9,12-15,24,27-30H,10-11,16-23,37H2,1-3H3,(H2,38,46)(H,39,47)(H,40,44)(H,41,45)(H,42,48)(H,43,49)/t27-,28-,29-,30-/m0/s1. The lowest BCUT2D eigenvalue weighted by Gasteiger charge is -2.24. The molecular weight excluding hydrogens is 659 g/mol. The van der Waals surface area contributed by atoms with Gasteiger partial charge in [-0.1, -0.05) is 74.5 Å². The molecule has 14 heteroatoms. The molecule has 0 heterocycles. The van der Waals surface area contributed by atoms with Crippen molar-refractivity contribution >= 4 is 47.2 Å². The predicted octanol–water partition coefficient (Wildman–Crippen LogP) is 0.941. The molecule has 0 bridgehead atoms. The third-order valence-corrected chi connectivity index (χ3v) is 8.40. The zero-order chi connectivity index (χ0) is 36.9. The first kappa shape index (κ1) is 41.7. The van der Waals surface area contributed by atoms with E-state index >= 15 is 0 Å². The Hall–Kier alpha value is -4.43. The molecule has 9 N–H and O–H groups in total. The van der Waals surface area contributed by atoms with Crippen LogP contribution in [0, 0.1) is 5.92 Å². The van der Waals surface area contributed by atoms with Gasteiger partial charge in [0, 0.05) is 19.3 Å². The molecule has 0 aliphatic heterocycles. The molecule has 4 atom stereocenters. The van der Waals surface area contributed by atoms with Crippen LogP contribution in [0.1, 0.15) is 57.1 Å².